The highest BCUT2D eigenvalue weighted by molar-refractivity contribution is 5.95. The molecule has 0 heterocycles. The van der Waals surface area contributed by atoms with Crippen molar-refractivity contribution < 1.29 is 29.6 Å². The number of benzene rings is 4. The van der Waals surface area contributed by atoms with E-state index in [1.165, 1.54) is 12.1 Å². The summed E-state index contributed by atoms with van der Waals surface area (Å²) < 4.78 is 5.08. The molecular formula is C23H18O6. The Morgan fingerprint density at radius 2 is 1.10 bits per heavy atom. The Balaban J connectivity index is 0.000000166. The summed E-state index contributed by atoms with van der Waals surface area (Å²) in [6, 6.07) is 20.2. The monoisotopic (exact) mass is 390 g/mol. The van der Waals surface area contributed by atoms with Gasteiger partial charge in [0.1, 0.15) is 11.5 Å². The van der Waals surface area contributed by atoms with Gasteiger partial charge in [-0.25, -0.2) is 9.59 Å². The number of hydrogen-bond acceptors (Lipinski definition) is 4. The topological polar surface area (TPSA) is 104 Å². The lowest BCUT2D eigenvalue weighted by molar-refractivity contribution is 0.0686. The van der Waals surface area contributed by atoms with Gasteiger partial charge < -0.3 is 20.1 Å². The maximum atomic E-state index is 10.7. The summed E-state index contributed by atoms with van der Waals surface area (Å²) >= 11 is 0. The number of aromatic carboxylic acids is 2. The van der Waals surface area contributed by atoms with E-state index < -0.39 is 11.9 Å². The zero-order chi connectivity index (χ0) is 21.0. The molecule has 4 aromatic carbocycles. The number of phenols is 1. The van der Waals surface area contributed by atoms with Gasteiger partial charge in [-0.1, -0.05) is 24.3 Å². The van der Waals surface area contributed by atoms with Crippen LogP contribution in [0.3, 0.4) is 0 Å². The number of aromatic hydroxyl groups is 1. The van der Waals surface area contributed by atoms with E-state index in [1.807, 2.05) is 18.2 Å². The lowest BCUT2D eigenvalue weighted by Crippen LogP contribution is -1.95. The van der Waals surface area contributed by atoms with Gasteiger partial charge in [0.15, 0.2) is 0 Å². The number of methoxy groups -OCH3 is 1. The SMILES string of the molecule is COc1ccc2cc(C(=O)O)ccc2c1.O=C(O)c1ccc2cc(O)ccc2c1. The second-order valence-electron chi connectivity index (χ2n) is 6.28. The standard InChI is InChI=1S/C12H10O3.C11H8O3/c1-15-11-5-4-8-6-10(12(13)14)3-2-9(8)7-11;12-10-4-3-7-5-9(11(13)14)2-1-8(7)6-10/h2-7H,1H3,(H,13,14);1-6,12H,(H,13,14). The van der Waals surface area contributed by atoms with E-state index in [2.05, 4.69) is 0 Å². The zero-order valence-corrected chi connectivity index (χ0v) is 15.5. The van der Waals surface area contributed by atoms with E-state index in [0.29, 0.717) is 5.56 Å². The van der Waals surface area contributed by atoms with Gasteiger partial charge in [-0.2, -0.15) is 0 Å². The van der Waals surface area contributed by atoms with Crippen molar-refractivity contribution in [1.82, 2.24) is 0 Å². The van der Waals surface area contributed by atoms with Crippen LogP contribution >= 0.6 is 0 Å². The van der Waals surface area contributed by atoms with E-state index in [9.17, 15) is 14.7 Å². The van der Waals surface area contributed by atoms with Crippen LogP contribution in [0, 0.1) is 0 Å². The number of carboxylic acid groups (broad SMARTS) is 2. The normalized spacial score (nSPS) is 10.2. The average molecular weight is 390 g/mol. The van der Waals surface area contributed by atoms with Crippen LogP contribution in [0.2, 0.25) is 0 Å². The highest BCUT2D eigenvalue weighted by Crippen LogP contribution is 2.22. The molecule has 4 rings (SSSR count). The molecule has 0 saturated heterocycles. The first-order chi connectivity index (χ1) is 13.9. The van der Waals surface area contributed by atoms with Gasteiger partial charge in [0.2, 0.25) is 0 Å². The first kappa shape index (κ1) is 19.7. The number of rotatable bonds is 3. The smallest absolute Gasteiger partial charge is 0.335 e. The number of carboxylic acids is 2. The Hall–Kier alpha value is -4.06. The molecule has 0 spiro atoms. The summed E-state index contributed by atoms with van der Waals surface area (Å²) in [5, 5.41) is 30.3. The molecule has 0 aromatic heterocycles. The molecule has 0 aliphatic rings. The minimum atomic E-state index is -0.944. The molecule has 4 aromatic rings. The predicted octanol–water partition coefficient (Wildman–Crippen LogP) is 4.79. The largest absolute Gasteiger partial charge is 0.508 e. The molecule has 0 bridgehead atoms. The van der Waals surface area contributed by atoms with Gasteiger partial charge in [0.25, 0.3) is 0 Å². The van der Waals surface area contributed by atoms with Crippen molar-refractivity contribution in [2.45, 2.75) is 0 Å². The molecule has 29 heavy (non-hydrogen) atoms. The van der Waals surface area contributed by atoms with E-state index in [0.717, 1.165) is 27.3 Å². The maximum Gasteiger partial charge on any atom is 0.335 e. The number of hydrogen-bond donors (Lipinski definition) is 3. The van der Waals surface area contributed by atoms with Crippen molar-refractivity contribution >= 4 is 33.5 Å². The predicted molar refractivity (Wildman–Crippen MR) is 110 cm³/mol. The molecule has 0 amide bonds. The van der Waals surface area contributed by atoms with Crippen LogP contribution in [0.15, 0.2) is 72.8 Å². The van der Waals surface area contributed by atoms with Gasteiger partial charge in [-0.05, 0) is 70.1 Å². The summed E-state index contributed by atoms with van der Waals surface area (Å²) in [6.07, 6.45) is 0. The fraction of sp³-hybridized carbons (Fsp3) is 0.0435. The van der Waals surface area contributed by atoms with Crippen LogP contribution in [0.5, 0.6) is 11.5 Å². The lowest BCUT2D eigenvalue weighted by Gasteiger charge is -2.03. The summed E-state index contributed by atoms with van der Waals surface area (Å²) in [5.41, 5.74) is 0.552. The number of ether oxygens (including phenoxy) is 1. The summed E-state index contributed by atoms with van der Waals surface area (Å²) in [7, 11) is 1.60. The van der Waals surface area contributed by atoms with Gasteiger partial charge in [-0.3, -0.25) is 0 Å². The van der Waals surface area contributed by atoms with Crippen LogP contribution in [0.4, 0.5) is 0 Å². The van der Waals surface area contributed by atoms with Crippen LogP contribution in [-0.4, -0.2) is 34.4 Å². The summed E-state index contributed by atoms with van der Waals surface area (Å²) in [5.74, 6) is -0.904. The molecular weight excluding hydrogens is 372 g/mol. The quantitative estimate of drug-likeness (QED) is 0.465. The maximum absolute atomic E-state index is 10.7. The van der Waals surface area contributed by atoms with Crippen molar-refractivity contribution in [3.05, 3.63) is 83.9 Å². The number of carbonyl (C=O) groups is 2. The molecule has 0 atom stereocenters. The van der Waals surface area contributed by atoms with Crippen LogP contribution in [-0.2, 0) is 0 Å². The fourth-order valence-electron chi connectivity index (χ4n) is 2.85. The lowest BCUT2D eigenvalue weighted by atomic mass is 10.1. The Morgan fingerprint density at radius 3 is 1.62 bits per heavy atom. The average Bonchev–Trinajstić information content (AvgIpc) is 2.72. The molecule has 3 N–H and O–H groups in total. The van der Waals surface area contributed by atoms with Gasteiger partial charge >= 0.3 is 11.9 Å². The molecule has 0 aliphatic carbocycles. The highest BCUT2D eigenvalue weighted by atomic mass is 16.5. The van der Waals surface area contributed by atoms with Crippen molar-refractivity contribution in [2.24, 2.45) is 0 Å². The minimum Gasteiger partial charge on any atom is -0.508 e. The summed E-state index contributed by atoms with van der Waals surface area (Å²) in [6.45, 7) is 0. The minimum absolute atomic E-state index is 0.181. The molecule has 6 nitrogen and oxygen atoms in total. The van der Waals surface area contributed by atoms with Crippen molar-refractivity contribution in [3.8, 4) is 11.5 Å². The molecule has 0 unspecified atom stereocenters. The first-order valence-electron chi connectivity index (χ1n) is 8.64. The second kappa shape index (κ2) is 8.31. The van der Waals surface area contributed by atoms with Crippen molar-refractivity contribution in [3.63, 3.8) is 0 Å². The van der Waals surface area contributed by atoms with E-state index in [1.54, 1.807) is 49.6 Å². The first-order valence-corrected chi connectivity index (χ1v) is 8.64. The number of phenolic OH excluding ortho intramolecular Hbond substituents is 1. The Kier molecular flexibility index (Phi) is 5.64. The van der Waals surface area contributed by atoms with E-state index >= 15 is 0 Å². The molecule has 0 aliphatic heterocycles. The third-order valence-corrected chi connectivity index (χ3v) is 4.37. The molecule has 146 valence electrons. The van der Waals surface area contributed by atoms with Crippen LogP contribution in [0.1, 0.15) is 20.7 Å². The van der Waals surface area contributed by atoms with Gasteiger partial charge in [0.05, 0.1) is 18.2 Å². The highest BCUT2D eigenvalue weighted by Gasteiger charge is 2.04. The Bertz CT molecular complexity index is 1210. The molecule has 0 radical (unpaired) electrons. The second-order valence-corrected chi connectivity index (χ2v) is 6.28. The van der Waals surface area contributed by atoms with Gasteiger partial charge in [0, 0.05) is 0 Å². The molecule has 0 fully saturated rings. The van der Waals surface area contributed by atoms with E-state index in [4.69, 9.17) is 14.9 Å². The third kappa shape index (κ3) is 4.62. The zero-order valence-electron chi connectivity index (χ0n) is 15.5. The third-order valence-electron chi connectivity index (χ3n) is 4.37. The van der Waals surface area contributed by atoms with Gasteiger partial charge in [-0.15, -0.1) is 0 Å². The van der Waals surface area contributed by atoms with E-state index in [-0.39, 0.29) is 11.3 Å². The number of fused-ring (bicyclic) bond motifs is 2. The molecule has 0 saturated carbocycles. The van der Waals surface area contributed by atoms with Crippen molar-refractivity contribution in [2.75, 3.05) is 7.11 Å². The Morgan fingerprint density at radius 1 is 0.655 bits per heavy atom. The summed E-state index contributed by atoms with van der Waals surface area (Å²) in [4.78, 5) is 21.4. The fourth-order valence-corrected chi connectivity index (χ4v) is 2.85. The van der Waals surface area contributed by atoms with Crippen LogP contribution in [0.25, 0.3) is 21.5 Å². The Labute approximate surface area is 166 Å². The molecule has 6 heteroatoms. The van der Waals surface area contributed by atoms with Crippen LogP contribution < -0.4 is 4.74 Å². The van der Waals surface area contributed by atoms with Crippen molar-refractivity contribution in [1.29, 1.82) is 0 Å².